The minimum atomic E-state index is 0. The van der Waals surface area contributed by atoms with E-state index in [0.717, 1.165) is 49.7 Å². The number of hydrogen-bond acceptors (Lipinski definition) is 4. The van der Waals surface area contributed by atoms with Gasteiger partial charge in [-0.1, -0.05) is 19.1 Å². The minimum Gasteiger partial charge on any atom is -0.497 e. The summed E-state index contributed by atoms with van der Waals surface area (Å²) in [5.41, 5.74) is 1.13. The normalized spacial score (nSPS) is 16.5. The molecule has 1 aromatic rings. The molecule has 1 aromatic carbocycles. The van der Waals surface area contributed by atoms with E-state index in [9.17, 15) is 4.79 Å². The molecular formula is C20H33IN4O3. The minimum absolute atomic E-state index is 0. The van der Waals surface area contributed by atoms with Gasteiger partial charge in [-0.2, -0.15) is 0 Å². The molecule has 0 aromatic heterocycles. The van der Waals surface area contributed by atoms with Crippen LogP contribution in [-0.2, 0) is 16.1 Å². The third-order valence-corrected chi connectivity index (χ3v) is 4.59. The lowest BCUT2D eigenvalue weighted by Gasteiger charge is -2.18. The number of nitrogens with zero attached hydrogens (tertiary/aromatic N) is 2. The summed E-state index contributed by atoms with van der Waals surface area (Å²) in [6, 6.07) is 8.16. The van der Waals surface area contributed by atoms with Gasteiger partial charge in [-0.05, 0) is 30.5 Å². The van der Waals surface area contributed by atoms with Crippen molar-refractivity contribution in [1.82, 2.24) is 15.5 Å². The second-order valence-electron chi connectivity index (χ2n) is 6.58. The molecule has 28 heavy (non-hydrogen) atoms. The van der Waals surface area contributed by atoms with E-state index in [1.54, 1.807) is 14.2 Å². The van der Waals surface area contributed by atoms with E-state index in [4.69, 9.17) is 9.47 Å². The van der Waals surface area contributed by atoms with Crippen LogP contribution in [0, 0.1) is 0 Å². The standard InChI is InChI=1S/C20H32N4O3.HI/c1-4-19(25)24-12-10-17(14-24)23-20(21-2)22-11-5-13-27-15-16-6-8-18(26-3)9-7-16;/h6-9,17H,4-5,10-15H2,1-3H3,(H2,21,22,23);1H. The number of amides is 1. The molecule has 2 N–H and O–H groups in total. The lowest BCUT2D eigenvalue weighted by Crippen LogP contribution is -2.45. The van der Waals surface area contributed by atoms with Crippen molar-refractivity contribution in [3.05, 3.63) is 29.8 Å². The van der Waals surface area contributed by atoms with Gasteiger partial charge in [0.15, 0.2) is 5.96 Å². The number of rotatable bonds is 9. The highest BCUT2D eigenvalue weighted by Gasteiger charge is 2.25. The maximum Gasteiger partial charge on any atom is 0.222 e. The maximum atomic E-state index is 11.8. The molecule has 1 aliphatic rings. The number of nitrogens with one attached hydrogen (secondary N) is 2. The molecule has 0 saturated carbocycles. The molecule has 7 nitrogen and oxygen atoms in total. The largest absolute Gasteiger partial charge is 0.497 e. The van der Waals surface area contributed by atoms with Gasteiger partial charge in [-0.3, -0.25) is 9.79 Å². The molecule has 0 radical (unpaired) electrons. The number of carbonyl (C=O) groups is 1. The first-order valence-electron chi connectivity index (χ1n) is 9.62. The zero-order chi connectivity index (χ0) is 19.5. The van der Waals surface area contributed by atoms with Crippen LogP contribution in [0.1, 0.15) is 31.7 Å². The Morgan fingerprint density at radius 2 is 2.07 bits per heavy atom. The van der Waals surface area contributed by atoms with Crippen molar-refractivity contribution in [2.75, 3.05) is 40.4 Å². The lowest BCUT2D eigenvalue weighted by molar-refractivity contribution is -0.129. The Balaban J connectivity index is 0.00000392. The van der Waals surface area contributed by atoms with Gasteiger partial charge in [0.2, 0.25) is 5.91 Å². The van der Waals surface area contributed by atoms with E-state index in [-0.39, 0.29) is 35.9 Å². The van der Waals surface area contributed by atoms with E-state index >= 15 is 0 Å². The first-order chi connectivity index (χ1) is 13.2. The predicted molar refractivity (Wildman–Crippen MR) is 122 cm³/mol. The number of likely N-dealkylation sites (tertiary alicyclic amines) is 1. The maximum absolute atomic E-state index is 11.8. The van der Waals surface area contributed by atoms with Crippen LogP contribution in [-0.4, -0.2) is 63.2 Å². The van der Waals surface area contributed by atoms with Crippen LogP contribution in [0.4, 0.5) is 0 Å². The fraction of sp³-hybridized carbons (Fsp3) is 0.600. The van der Waals surface area contributed by atoms with Gasteiger partial charge in [0.25, 0.3) is 0 Å². The second kappa shape index (κ2) is 13.6. The Labute approximate surface area is 185 Å². The predicted octanol–water partition coefficient (Wildman–Crippen LogP) is 2.40. The molecule has 158 valence electrons. The van der Waals surface area contributed by atoms with Gasteiger partial charge < -0.3 is 25.0 Å². The third-order valence-electron chi connectivity index (χ3n) is 4.59. The second-order valence-corrected chi connectivity index (χ2v) is 6.58. The highest BCUT2D eigenvalue weighted by molar-refractivity contribution is 14.0. The average molecular weight is 504 g/mol. The van der Waals surface area contributed by atoms with Gasteiger partial charge in [0.05, 0.1) is 13.7 Å². The Morgan fingerprint density at radius 3 is 2.71 bits per heavy atom. The zero-order valence-electron chi connectivity index (χ0n) is 17.1. The van der Waals surface area contributed by atoms with Crippen molar-refractivity contribution in [1.29, 1.82) is 0 Å². The molecule has 1 atom stereocenters. The fourth-order valence-corrected chi connectivity index (χ4v) is 3.01. The molecule has 2 rings (SSSR count). The number of aliphatic imine (C=N–C) groups is 1. The van der Waals surface area contributed by atoms with E-state index in [1.165, 1.54) is 0 Å². The van der Waals surface area contributed by atoms with Crippen LogP contribution in [0.15, 0.2) is 29.3 Å². The van der Waals surface area contributed by atoms with Crippen LogP contribution in [0.25, 0.3) is 0 Å². The van der Waals surface area contributed by atoms with Crippen molar-refractivity contribution in [2.45, 2.75) is 38.8 Å². The first kappa shape index (κ1) is 24.5. The number of benzene rings is 1. The highest BCUT2D eigenvalue weighted by Crippen LogP contribution is 2.12. The quantitative estimate of drug-likeness (QED) is 0.234. The molecule has 8 heteroatoms. The first-order valence-corrected chi connectivity index (χ1v) is 9.62. The average Bonchev–Trinajstić information content (AvgIpc) is 3.18. The molecule has 1 aliphatic heterocycles. The summed E-state index contributed by atoms with van der Waals surface area (Å²) in [6.07, 6.45) is 2.41. The van der Waals surface area contributed by atoms with Gasteiger partial charge >= 0.3 is 0 Å². The zero-order valence-corrected chi connectivity index (χ0v) is 19.4. The number of methoxy groups -OCH3 is 1. The summed E-state index contributed by atoms with van der Waals surface area (Å²) < 4.78 is 10.9. The SMILES string of the molecule is CCC(=O)N1CCC(NC(=NC)NCCCOCc2ccc(OC)cc2)C1.I. The summed E-state index contributed by atoms with van der Waals surface area (Å²) in [5.74, 6) is 1.85. The Kier molecular flexibility index (Phi) is 11.9. The van der Waals surface area contributed by atoms with E-state index in [1.807, 2.05) is 36.1 Å². The summed E-state index contributed by atoms with van der Waals surface area (Å²) >= 11 is 0. The van der Waals surface area contributed by atoms with Crippen LogP contribution in [0.5, 0.6) is 5.75 Å². The Hall–Kier alpha value is -1.55. The number of ether oxygens (including phenoxy) is 2. The molecule has 1 unspecified atom stereocenters. The van der Waals surface area contributed by atoms with Crippen LogP contribution >= 0.6 is 24.0 Å². The summed E-state index contributed by atoms with van der Waals surface area (Å²) in [4.78, 5) is 17.9. The van der Waals surface area contributed by atoms with Crippen molar-refractivity contribution in [3.63, 3.8) is 0 Å². The van der Waals surface area contributed by atoms with Gasteiger partial charge in [-0.25, -0.2) is 0 Å². The summed E-state index contributed by atoms with van der Waals surface area (Å²) in [5, 5.41) is 6.70. The van der Waals surface area contributed by atoms with Gasteiger partial charge in [0.1, 0.15) is 5.75 Å². The Bertz CT molecular complexity index is 610. The molecule has 1 fully saturated rings. The van der Waals surface area contributed by atoms with Crippen molar-refractivity contribution < 1.29 is 14.3 Å². The van der Waals surface area contributed by atoms with Gasteiger partial charge in [0, 0.05) is 45.8 Å². The molecule has 1 heterocycles. The van der Waals surface area contributed by atoms with Crippen molar-refractivity contribution in [2.24, 2.45) is 4.99 Å². The van der Waals surface area contributed by atoms with Gasteiger partial charge in [-0.15, -0.1) is 24.0 Å². The number of halogens is 1. The third kappa shape index (κ3) is 8.22. The number of carbonyl (C=O) groups excluding carboxylic acids is 1. The van der Waals surface area contributed by atoms with Crippen LogP contribution in [0.3, 0.4) is 0 Å². The number of guanidine groups is 1. The highest BCUT2D eigenvalue weighted by atomic mass is 127. The van der Waals surface area contributed by atoms with E-state index in [2.05, 4.69) is 15.6 Å². The molecule has 1 amide bonds. The Morgan fingerprint density at radius 1 is 1.32 bits per heavy atom. The molecule has 0 aliphatic carbocycles. The lowest BCUT2D eigenvalue weighted by atomic mass is 10.2. The summed E-state index contributed by atoms with van der Waals surface area (Å²) in [7, 11) is 3.42. The van der Waals surface area contributed by atoms with Crippen molar-refractivity contribution >= 4 is 35.8 Å². The number of hydrogen-bond donors (Lipinski definition) is 2. The molecule has 0 spiro atoms. The summed E-state index contributed by atoms with van der Waals surface area (Å²) in [6.45, 7) is 5.53. The topological polar surface area (TPSA) is 75.2 Å². The molecular weight excluding hydrogens is 471 g/mol. The van der Waals surface area contributed by atoms with Crippen LogP contribution in [0.2, 0.25) is 0 Å². The molecule has 0 bridgehead atoms. The van der Waals surface area contributed by atoms with Crippen molar-refractivity contribution in [3.8, 4) is 5.75 Å². The monoisotopic (exact) mass is 504 g/mol. The molecule has 1 saturated heterocycles. The van der Waals surface area contributed by atoms with Crippen LogP contribution < -0.4 is 15.4 Å². The van der Waals surface area contributed by atoms with E-state index < -0.39 is 0 Å². The van der Waals surface area contributed by atoms with E-state index in [0.29, 0.717) is 19.6 Å². The fourth-order valence-electron chi connectivity index (χ4n) is 3.01. The smallest absolute Gasteiger partial charge is 0.222 e.